The highest BCUT2D eigenvalue weighted by atomic mass is 32.2. The van der Waals surface area contributed by atoms with Gasteiger partial charge in [-0.15, -0.1) is 0 Å². The van der Waals surface area contributed by atoms with Crippen molar-refractivity contribution in [2.24, 2.45) is 0 Å². The molecule has 156 valence electrons. The molecule has 0 saturated carbocycles. The van der Waals surface area contributed by atoms with E-state index in [9.17, 15) is 13.2 Å². The molecule has 0 radical (unpaired) electrons. The molecule has 0 atom stereocenters. The molecule has 1 fully saturated rings. The van der Waals surface area contributed by atoms with Crippen LogP contribution in [0.1, 0.15) is 22.3 Å². The summed E-state index contributed by atoms with van der Waals surface area (Å²) in [5.74, 6) is 0.868. The van der Waals surface area contributed by atoms with Crippen LogP contribution < -0.4 is 5.32 Å². The first-order valence-corrected chi connectivity index (χ1v) is 11.4. The van der Waals surface area contributed by atoms with E-state index in [1.807, 2.05) is 37.3 Å². The smallest absolute Gasteiger partial charge is 0.252 e. The Balaban J connectivity index is 1.48. The van der Waals surface area contributed by atoms with Crippen molar-refractivity contribution in [2.45, 2.75) is 13.3 Å². The fraction of sp³-hybridized carbons (Fsp3) is 0.273. The fourth-order valence-electron chi connectivity index (χ4n) is 3.45. The van der Waals surface area contributed by atoms with Crippen LogP contribution in [-0.2, 0) is 10.0 Å². The number of oxazole rings is 1. The molecule has 1 aliphatic heterocycles. The van der Waals surface area contributed by atoms with E-state index < -0.39 is 10.0 Å². The van der Waals surface area contributed by atoms with Gasteiger partial charge in [0.2, 0.25) is 15.9 Å². The van der Waals surface area contributed by atoms with Gasteiger partial charge < -0.3 is 9.73 Å². The average molecular weight is 426 g/mol. The Morgan fingerprint density at radius 3 is 2.67 bits per heavy atom. The van der Waals surface area contributed by atoms with Crippen LogP contribution in [0.2, 0.25) is 0 Å². The SMILES string of the molecule is Cc1ccc(-c2cnc(-c3ccccc3C(=O)NCCN3CCCS3(=O)=O)o2)cc1. The van der Waals surface area contributed by atoms with Crippen molar-refractivity contribution in [2.75, 3.05) is 25.4 Å². The first-order valence-electron chi connectivity index (χ1n) is 9.82. The van der Waals surface area contributed by atoms with E-state index in [1.54, 1.807) is 24.4 Å². The molecule has 0 bridgehead atoms. The van der Waals surface area contributed by atoms with E-state index in [1.165, 1.54) is 4.31 Å². The summed E-state index contributed by atoms with van der Waals surface area (Å²) < 4.78 is 31.1. The number of hydrogen-bond acceptors (Lipinski definition) is 5. The van der Waals surface area contributed by atoms with E-state index in [0.29, 0.717) is 35.7 Å². The Bertz CT molecular complexity index is 1150. The Hall–Kier alpha value is -2.97. The topological polar surface area (TPSA) is 92.5 Å². The van der Waals surface area contributed by atoms with Gasteiger partial charge in [-0.25, -0.2) is 17.7 Å². The average Bonchev–Trinajstić information content (AvgIpc) is 3.35. The number of amides is 1. The minimum atomic E-state index is -3.17. The highest BCUT2D eigenvalue weighted by Crippen LogP contribution is 2.28. The summed E-state index contributed by atoms with van der Waals surface area (Å²) in [6.07, 6.45) is 2.28. The van der Waals surface area contributed by atoms with Gasteiger partial charge in [-0.1, -0.05) is 42.0 Å². The number of carbonyl (C=O) groups is 1. The molecule has 4 rings (SSSR count). The molecule has 1 amide bonds. The zero-order valence-corrected chi connectivity index (χ0v) is 17.5. The summed E-state index contributed by atoms with van der Waals surface area (Å²) in [4.78, 5) is 17.1. The highest BCUT2D eigenvalue weighted by molar-refractivity contribution is 7.89. The molecule has 1 N–H and O–H groups in total. The molecule has 0 aliphatic carbocycles. The second-order valence-electron chi connectivity index (χ2n) is 7.27. The molecule has 30 heavy (non-hydrogen) atoms. The number of aromatic nitrogens is 1. The zero-order valence-electron chi connectivity index (χ0n) is 16.7. The van der Waals surface area contributed by atoms with E-state index in [0.717, 1.165) is 11.1 Å². The number of benzene rings is 2. The van der Waals surface area contributed by atoms with E-state index >= 15 is 0 Å². The largest absolute Gasteiger partial charge is 0.436 e. The van der Waals surface area contributed by atoms with Gasteiger partial charge >= 0.3 is 0 Å². The summed E-state index contributed by atoms with van der Waals surface area (Å²) in [6.45, 7) is 3.04. The Morgan fingerprint density at radius 2 is 1.93 bits per heavy atom. The fourth-order valence-corrected chi connectivity index (χ4v) is 4.98. The number of rotatable bonds is 6. The van der Waals surface area contributed by atoms with Gasteiger partial charge in [0.05, 0.1) is 17.5 Å². The predicted octanol–water partition coefficient (Wildman–Crippen LogP) is 3.08. The second kappa shape index (κ2) is 8.41. The lowest BCUT2D eigenvalue weighted by molar-refractivity contribution is 0.0952. The highest BCUT2D eigenvalue weighted by Gasteiger charge is 2.27. The minimum absolute atomic E-state index is 0.178. The van der Waals surface area contributed by atoms with Crippen LogP contribution in [-0.4, -0.2) is 49.0 Å². The van der Waals surface area contributed by atoms with Gasteiger partial charge in [0.1, 0.15) is 0 Å². The third-order valence-electron chi connectivity index (χ3n) is 5.09. The van der Waals surface area contributed by atoms with Gasteiger partial charge in [0, 0.05) is 30.8 Å². The first kappa shape index (κ1) is 20.3. The molecule has 2 heterocycles. The van der Waals surface area contributed by atoms with Crippen molar-refractivity contribution in [3.05, 3.63) is 65.9 Å². The molecular formula is C22H23N3O4S. The molecule has 0 spiro atoms. The minimum Gasteiger partial charge on any atom is -0.436 e. The summed E-state index contributed by atoms with van der Waals surface area (Å²) in [5, 5.41) is 2.80. The molecule has 8 heteroatoms. The van der Waals surface area contributed by atoms with Crippen LogP contribution in [0, 0.1) is 6.92 Å². The summed E-state index contributed by atoms with van der Waals surface area (Å²) in [6, 6.07) is 15.0. The van der Waals surface area contributed by atoms with Crippen molar-refractivity contribution >= 4 is 15.9 Å². The molecule has 7 nitrogen and oxygen atoms in total. The Morgan fingerprint density at radius 1 is 1.17 bits per heavy atom. The third-order valence-corrected chi connectivity index (χ3v) is 7.05. The van der Waals surface area contributed by atoms with Crippen LogP contribution in [0.3, 0.4) is 0 Å². The lowest BCUT2D eigenvalue weighted by Gasteiger charge is -2.15. The molecule has 1 aliphatic rings. The monoisotopic (exact) mass is 425 g/mol. The van der Waals surface area contributed by atoms with Gasteiger partial charge in [0.25, 0.3) is 5.91 Å². The second-order valence-corrected chi connectivity index (χ2v) is 9.35. The molecular weight excluding hydrogens is 402 g/mol. The van der Waals surface area contributed by atoms with Crippen LogP contribution >= 0.6 is 0 Å². The standard InChI is InChI=1S/C22H23N3O4S/c1-16-7-9-17(10-8-16)20-15-24-22(29-20)19-6-3-2-5-18(19)21(26)23-11-13-25-12-4-14-30(25,27)28/h2-3,5-10,15H,4,11-14H2,1H3,(H,23,26). The normalized spacial score (nSPS) is 15.9. The lowest BCUT2D eigenvalue weighted by atomic mass is 10.1. The summed E-state index contributed by atoms with van der Waals surface area (Å²) in [7, 11) is -3.17. The van der Waals surface area contributed by atoms with Crippen LogP contribution in [0.15, 0.2) is 59.1 Å². The van der Waals surface area contributed by atoms with Gasteiger partial charge in [0.15, 0.2) is 5.76 Å². The molecule has 3 aromatic rings. The zero-order chi connectivity index (χ0) is 21.1. The van der Waals surface area contributed by atoms with Crippen molar-refractivity contribution in [3.63, 3.8) is 0 Å². The maximum atomic E-state index is 12.7. The molecule has 2 aromatic carbocycles. The maximum absolute atomic E-state index is 12.7. The van der Waals surface area contributed by atoms with E-state index in [4.69, 9.17) is 4.42 Å². The first-order chi connectivity index (χ1) is 14.4. The van der Waals surface area contributed by atoms with Crippen LogP contribution in [0.25, 0.3) is 22.8 Å². The number of aryl methyl sites for hydroxylation is 1. The maximum Gasteiger partial charge on any atom is 0.252 e. The Labute approximate surface area is 175 Å². The molecule has 1 saturated heterocycles. The van der Waals surface area contributed by atoms with Crippen molar-refractivity contribution < 1.29 is 17.6 Å². The third kappa shape index (κ3) is 4.29. The number of nitrogens with one attached hydrogen (secondary N) is 1. The van der Waals surface area contributed by atoms with Gasteiger partial charge in [-0.3, -0.25) is 4.79 Å². The van der Waals surface area contributed by atoms with Crippen LogP contribution in [0.5, 0.6) is 0 Å². The van der Waals surface area contributed by atoms with E-state index in [2.05, 4.69) is 10.3 Å². The quantitative estimate of drug-likeness (QED) is 0.655. The number of hydrogen-bond donors (Lipinski definition) is 1. The summed E-state index contributed by atoms with van der Waals surface area (Å²) >= 11 is 0. The molecule has 0 unspecified atom stereocenters. The number of sulfonamides is 1. The van der Waals surface area contributed by atoms with E-state index in [-0.39, 0.29) is 24.7 Å². The van der Waals surface area contributed by atoms with Crippen molar-refractivity contribution in [1.29, 1.82) is 0 Å². The van der Waals surface area contributed by atoms with Gasteiger partial charge in [-0.2, -0.15) is 0 Å². The predicted molar refractivity (Wildman–Crippen MR) is 114 cm³/mol. The summed E-state index contributed by atoms with van der Waals surface area (Å²) in [5.41, 5.74) is 3.08. The van der Waals surface area contributed by atoms with Crippen molar-refractivity contribution in [1.82, 2.24) is 14.6 Å². The number of carbonyl (C=O) groups excluding carboxylic acids is 1. The number of nitrogens with zero attached hydrogens (tertiary/aromatic N) is 2. The van der Waals surface area contributed by atoms with Crippen LogP contribution in [0.4, 0.5) is 0 Å². The molecule has 1 aromatic heterocycles. The van der Waals surface area contributed by atoms with Crippen molar-refractivity contribution in [3.8, 4) is 22.8 Å². The van der Waals surface area contributed by atoms with Gasteiger partial charge in [-0.05, 0) is 25.5 Å². The lowest BCUT2D eigenvalue weighted by Crippen LogP contribution is -2.36. The Kier molecular flexibility index (Phi) is 5.69.